The van der Waals surface area contributed by atoms with Crippen molar-refractivity contribution in [3.05, 3.63) is 70.3 Å². The summed E-state index contributed by atoms with van der Waals surface area (Å²) in [6.07, 6.45) is -0.265. The van der Waals surface area contributed by atoms with E-state index in [1.54, 1.807) is 0 Å². The minimum Gasteiger partial charge on any atom is -0.480 e. The van der Waals surface area contributed by atoms with Crippen LogP contribution in [0, 0.1) is 10.1 Å². The molecule has 8 nitrogen and oxygen atoms in total. The first-order chi connectivity index (χ1) is 12.0. The van der Waals surface area contributed by atoms with Gasteiger partial charge in [-0.05, 0) is 17.7 Å². The second-order valence-electron chi connectivity index (χ2n) is 5.31. The molecule has 3 N–H and O–H groups in total. The van der Waals surface area contributed by atoms with Gasteiger partial charge in [0, 0.05) is 24.4 Å². The van der Waals surface area contributed by atoms with Crippen LogP contribution in [-0.4, -0.2) is 27.9 Å². The molecular formula is C17H17N3O5. The van der Waals surface area contributed by atoms with Crippen LogP contribution in [0.5, 0.6) is 0 Å². The van der Waals surface area contributed by atoms with Gasteiger partial charge in [0.05, 0.1) is 11.3 Å². The van der Waals surface area contributed by atoms with E-state index in [4.69, 9.17) is 0 Å². The summed E-state index contributed by atoms with van der Waals surface area (Å²) in [5.41, 5.74) is 1.18. The zero-order valence-electron chi connectivity index (χ0n) is 13.2. The van der Waals surface area contributed by atoms with E-state index in [1.165, 1.54) is 24.3 Å². The maximum atomic E-state index is 12.0. The predicted octanol–water partition coefficient (Wildman–Crippen LogP) is 2.17. The van der Waals surface area contributed by atoms with Crippen molar-refractivity contribution in [1.29, 1.82) is 0 Å². The van der Waals surface area contributed by atoms with Gasteiger partial charge in [0.25, 0.3) is 5.69 Å². The number of carboxylic acids is 1. The Morgan fingerprint density at radius 2 is 1.72 bits per heavy atom. The van der Waals surface area contributed by atoms with Crippen molar-refractivity contribution in [2.75, 3.05) is 5.32 Å². The van der Waals surface area contributed by atoms with E-state index in [-0.39, 0.29) is 12.1 Å². The topological polar surface area (TPSA) is 122 Å². The van der Waals surface area contributed by atoms with Gasteiger partial charge < -0.3 is 10.4 Å². The average molecular weight is 343 g/mol. The first-order valence-corrected chi connectivity index (χ1v) is 7.50. The molecule has 0 aromatic heterocycles. The number of carbonyl (C=O) groups is 2. The molecule has 0 saturated heterocycles. The minimum atomic E-state index is -1.13. The van der Waals surface area contributed by atoms with Crippen molar-refractivity contribution in [2.45, 2.75) is 19.0 Å². The highest BCUT2D eigenvalue weighted by Gasteiger charge is 2.20. The fourth-order valence-corrected chi connectivity index (χ4v) is 2.15. The first kappa shape index (κ1) is 18.1. The molecule has 25 heavy (non-hydrogen) atoms. The monoisotopic (exact) mass is 343 g/mol. The summed E-state index contributed by atoms with van der Waals surface area (Å²) in [6.45, 7) is 0.322. The van der Waals surface area contributed by atoms with Gasteiger partial charge in [0.2, 0.25) is 5.91 Å². The molecule has 0 aliphatic rings. The molecule has 130 valence electrons. The van der Waals surface area contributed by atoms with Crippen molar-refractivity contribution in [3.63, 3.8) is 0 Å². The highest BCUT2D eigenvalue weighted by molar-refractivity contribution is 5.94. The average Bonchev–Trinajstić information content (AvgIpc) is 2.59. The van der Waals surface area contributed by atoms with Gasteiger partial charge in [-0.2, -0.15) is 0 Å². The standard InChI is InChI=1S/C17H17N3O5/c21-16(19-13-6-8-14(9-7-13)20(24)25)10-15(17(22)23)18-11-12-4-2-1-3-5-12/h1-9,15,18H,10-11H2,(H,19,21)(H,22,23). The van der Waals surface area contributed by atoms with Gasteiger partial charge in [-0.25, -0.2) is 0 Å². The van der Waals surface area contributed by atoms with Crippen LogP contribution >= 0.6 is 0 Å². The Bertz CT molecular complexity index is 747. The minimum absolute atomic E-state index is 0.0917. The zero-order chi connectivity index (χ0) is 18.2. The summed E-state index contributed by atoms with van der Waals surface area (Å²) < 4.78 is 0. The van der Waals surface area contributed by atoms with Gasteiger partial charge in [-0.15, -0.1) is 0 Å². The number of anilines is 1. The van der Waals surface area contributed by atoms with E-state index >= 15 is 0 Å². The molecule has 0 fully saturated rings. The third-order valence-electron chi connectivity index (χ3n) is 3.44. The number of amides is 1. The molecule has 0 spiro atoms. The number of non-ortho nitro benzene ring substituents is 1. The second-order valence-corrected chi connectivity index (χ2v) is 5.31. The van der Waals surface area contributed by atoms with E-state index in [9.17, 15) is 24.8 Å². The number of hydrogen-bond acceptors (Lipinski definition) is 5. The molecule has 0 saturated carbocycles. The van der Waals surface area contributed by atoms with E-state index in [2.05, 4.69) is 10.6 Å². The number of hydrogen-bond donors (Lipinski definition) is 3. The number of aliphatic carboxylic acids is 1. The lowest BCUT2D eigenvalue weighted by atomic mass is 10.1. The van der Waals surface area contributed by atoms with E-state index < -0.39 is 22.8 Å². The zero-order valence-corrected chi connectivity index (χ0v) is 13.2. The van der Waals surface area contributed by atoms with Crippen LogP contribution in [-0.2, 0) is 16.1 Å². The molecule has 0 heterocycles. The Kier molecular flexibility index (Phi) is 6.19. The molecule has 0 radical (unpaired) electrons. The number of nitrogens with zero attached hydrogens (tertiary/aromatic N) is 1. The van der Waals surface area contributed by atoms with E-state index in [1.807, 2.05) is 30.3 Å². The molecule has 1 unspecified atom stereocenters. The van der Waals surface area contributed by atoms with Crippen molar-refractivity contribution in [1.82, 2.24) is 5.32 Å². The molecule has 2 aromatic carbocycles. The lowest BCUT2D eigenvalue weighted by molar-refractivity contribution is -0.384. The maximum absolute atomic E-state index is 12.0. The Hall–Kier alpha value is -3.26. The third kappa shape index (κ3) is 5.70. The van der Waals surface area contributed by atoms with Crippen molar-refractivity contribution in [2.24, 2.45) is 0 Å². The molecule has 2 aromatic rings. The van der Waals surface area contributed by atoms with Gasteiger partial charge in [0.15, 0.2) is 0 Å². The molecule has 0 aliphatic heterocycles. The van der Waals surface area contributed by atoms with Gasteiger partial charge in [-0.3, -0.25) is 25.0 Å². The maximum Gasteiger partial charge on any atom is 0.321 e. The predicted molar refractivity (Wildman–Crippen MR) is 91.0 cm³/mol. The summed E-state index contributed by atoms with van der Waals surface area (Å²) in [4.78, 5) is 33.4. The quantitative estimate of drug-likeness (QED) is 0.499. The Labute approximate surface area is 143 Å². The Balaban J connectivity index is 1.91. The number of nitro groups is 1. The van der Waals surface area contributed by atoms with Crippen LogP contribution in [0.1, 0.15) is 12.0 Å². The largest absolute Gasteiger partial charge is 0.480 e. The lowest BCUT2D eigenvalue weighted by Crippen LogP contribution is -2.39. The summed E-state index contributed by atoms with van der Waals surface area (Å²) >= 11 is 0. The van der Waals surface area contributed by atoms with Crippen LogP contribution in [0.25, 0.3) is 0 Å². The number of carboxylic acid groups (broad SMARTS) is 1. The third-order valence-corrected chi connectivity index (χ3v) is 3.44. The van der Waals surface area contributed by atoms with Crippen molar-refractivity contribution < 1.29 is 19.6 Å². The molecule has 2 rings (SSSR count). The molecular weight excluding hydrogens is 326 g/mol. The van der Waals surface area contributed by atoms with Gasteiger partial charge >= 0.3 is 5.97 Å². The molecule has 1 amide bonds. The van der Waals surface area contributed by atoms with Crippen LogP contribution in [0.4, 0.5) is 11.4 Å². The number of nitrogens with one attached hydrogen (secondary N) is 2. The normalized spacial score (nSPS) is 11.5. The fourth-order valence-electron chi connectivity index (χ4n) is 2.15. The van der Waals surface area contributed by atoms with E-state index in [0.29, 0.717) is 12.2 Å². The lowest BCUT2D eigenvalue weighted by Gasteiger charge is -2.14. The number of nitro benzene ring substituents is 1. The van der Waals surface area contributed by atoms with Crippen LogP contribution in [0.2, 0.25) is 0 Å². The number of benzene rings is 2. The molecule has 8 heteroatoms. The number of rotatable bonds is 8. The summed E-state index contributed by atoms with van der Waals surface area (Å²) in [6, 6.07) is 13.5. The van der Waals surface area contributed by atoms with Crippen LogP contribution in [0.3, 0.4) is 0 Å². The van der Waals surface area contributed by atoms with Crippen LogP contribution < -0.4 is 10.6 Å². The van der Waals surface area contributed by atoms with Gasteiger partial charge in [0.1, 0.15) is 6.04 Å². The highest BCUT2D eigenvalue weighted by Crippen LogP contribution is 2.15. The SMILES string of the molecule is O=C(CC(NCc1ccccc1)C(=O)O)Nc1ccc([N+](=O)[O-])cc1. The number of carbonyl (C=O) groups excluding carboxylic acids is 1. The molecule has 1 atom stereocenters. The summed E-state index contributed by atoms with van der Waals surface area (Å²) in [7, 11) is 0. The first-order valence-electron chi connectivity index (χ1n) is 7.50. The van der Waals surface area contributed by atoms with Crippen LogP contribution in [0.15, 0.2) is 54.6 Å². The Morgan fingerprint density at radius 1 is 1.08 bits per heavy atom. The van der Waals surface area contributed by atoms with E-state index in [0.717, 1.165) is 5.56 Å². The Morgan fingerprint density at radius 3 is 2.28 bits per heavy atom. The molecule has 0 aliphatic carbocycles. The van der Waals surface area contributed by atoms with Gasteiger partial charge in [-0.1, -0.05) is 30.3 Å². The molecule has 0 bridgehead atoms. The highest BCUT2D eigenvalue weighted by atomic mass is 16.6. The van der Waals surface area contributed by atoms with Crippen molar-refractivity contribution >= 4 is 23.3 Å². The smallest absolute Gasteiger partial charge is 0.321 e. The summed E-state index contributed by atoms with van der Waals surface area (Å²) in [5, 5.41) is 25.2. The second kappa shape index (κ2) is 8.55. The summed E-state index contributed by atoms with van der Waals surface area (Å²) in [5.74, 6) is -1.63. The fraction of sp³-hybridized carbons (Fsp3) is 0.176. The van der Waals surface area contributed by atoms with Crippen molar-refractivity contribution in [3.8, 4) is 0 Å².